The number of nitrogens with zero attached hydrogens (tertiary/aromatic N) is 1. The molecule has 0 radical (unpaired) electrons. The van der Waals surface area contributed by atoms with Crippen LogP contribution >= 0.6 is 12.2 Å². The Morgan fingerprint density at radius 1 is 1.55 bits per heavy atom. The van der Waals surface area contributed by atoms with Crippen LogP contribution < -0.4 is 10.1 Å². The highest BCUT2D eigenvalue weighted by Gasteiger charge is 2.48. The third kappa shape index (κ3) is 1.97. The first-order valence-electron chi connectivity index (χ1n) is 7.34. The number of rotatable bonds is 2. The molecule has 3 nitrogen and oxygen atoms in total. The molecule has 3 atom stereocenters. The highest BCUT2D eigenvalue weighted by molar-refractivity contribution is 7.80. The van der Waals surface area contributed by atoms with Gasteiger partial charge in [-0.3, -0.25) is 0 Å². The fraction of sp³-hybridized carbons (Fsp3) is 0.562. The van der Waals surface area contributed by atoms with Crippen molar-refractivity contribution in [1.82, 2.24) is 10.2 Å². The van der Waals surface area contributed by atoms with Crippen molar-refractivity contribution in [3.05, 3.63) is 29.3 Å². The Morgan fingerprint density at radius 3 is 3.00 bits per heavy atom. The molecule has 3 unspecified atom stereocenters. The van der Waals surface area contributed by atoms with E-state index in [1.54, 1.807) is 0 Å². The third-order valence-electron chi connectivity index (χ3n) is 4.51. The van der Waals surface area contributed by atoms with Crippen molar-refractivity contribution in [3.63, 3.8) is 0 Å². The maximum Gasteiger partial charge on any atom is 0.184 e. The highest BCUT2D eigenvalue weighted by Crippen LogP contribution is 2.45. The molecule has 108 valence electrons. The van der Waals surface area contributed by atoms with E-state index in [0.717, 1.165) is 23.7 Å². The van der Waals surface area contributed by atoms with Gasteiger partial charge in [-0.05, 0) is 45.5 Å². The molecule has 2 aliphatic heterocycles. The molecular weight excluding hydrogens is 268 g/mol. The van der Waals surface area contributed by atoms with Crippen LogP contribution in [0.15, 0.2) is 18.2 Å². The zero-order valence-electron chi connectivity index (χ0n) is 12.6. The van der Waals surface area contributed by atoms with Gasteiger partial charge in [-0.2, -0.15) is 0 Å². The minimum atomic E-state index is -0.343. The Balaban J connectivity index is 2.04. The Hall–Kier alpha value is -1.29. The zero-order chi connectivity index (χ0) is 14.5. The molecule has 1 fully saturated rings. The molecule has 0 amide bonds. The summed E-state index contributed by atoms with van der Waals surface area (Å²) >= 11 is 5.59. The van der Waals surface area contributed by atoms with E-state index >= 15 is 0 Å². The van der Waals surface area contributed by atoms with Crippen LogP contribution in [0.25, 0.3) is 0 Å². The summed E-state index contributed by atoms with van der Waals surface area (Å²) in [5.41, 5.74) is 2.15. The Labute approximate surface area is 126 Å². The maximum atomic E-state index is 6.35. The molecule has 1 aromatic rings. The second-order valence-corrected chi connectivity index (χ2v) is 6.54. The van der Waals surface area contributed by atoms with E-state index in [0.29, 0.717) is 6.04 Å². The smallest absolute Gasteiger partial charge is 0.184 e. The number of hydrogen-bond donors (Lipinski definition) is 1. The summed E-state index contributed by atoms with van der Waals surface area (Å²) in [5.74, 6) is 0.984. The topological polar surface area (TPSA) is 24.5 Å². The first kappa shape index (κ1) is 13.7. The third-order valence-corrected chi connectivity index (χ3v) is 4.83. The summed E-state index contributed by atoms with van der Waals surface area (Å²) in [6.07, 6.45) is 1.97. The summed E-state index contributed by atoms with van der Waals surface area (Å²) in [4.78, 5) is 2.22. The molecule has 2 heterocycles. The van der Waals surface area contributed by atoms with Crippen molar-refractivity contribution >= 4 is 17.3 Å². The first-order chi connectivity index (χ1) is 9.44. The molecule has 2 bridgehead atoms. The van der Waals surface area contributed by atoms with Gasteiger partial charge >= 0.3 is 0 Å². The van der Waals surface area contributed by atoms with E-state index in [1.165, 1.54) is 11.1 Å². The molecule has 0 saturated carbocycles. The van der Waals surface area contributed by atoms with Crippen molar-refractivity contribution in [2.75, 3.05) is 0 Å². The van der Waals surface area contributed by atoms with E-state index in [1.807, 2.05) is 0 Å². The van der Waals surface area contributed by atoms with Gasteiger partial charge in [-0.15, -0.1) is 0 Å². The summed E-state index contributed by atoms with van der Waals surface area (Å²) in [6, 6.07) is 7.02. The predicted octanol–water partition coefficient (Wildman–Crippen LogP) is 3.52. The van der Waals surface area contributed by atoms with Gasteiger partial charge in [0.25, 0.3) is 0 Å². The number of hydrogen-bond acceptors (Lipinski definition) is 2. The second kappa shape index (κ2) is 4.62. The first-order valence-corrected chi connectivity index (χ1v) is 7.75. The van der Waals surface area contributed by atoms with Crippen LogP contribution in [0, 0.1) is 6.92 Å². The van der Waals surface area contributed by atoms with Crippen molar-refractivity contribution in [2.45, 2.75) is 58.3 Å². The van der Waals surface area contributed by atoms with E-state index in [9.17, 15) is 0 Å². The van der Waals surface area contributed by atoms with Crippen molar-refractivity contribution in [1.29, 1.82) is 0 Å². The molecule has 0 spiro atoms. The number of thiocarbonyl (C=S) groups is 1. The normalized spacial score (nSPS) is 29.3. The van der Waals surface area contributed by atoms with Crippen LogP contribution in [-0.2, 0) is 0 Å². The lowest BCUT2D eigenvalue weighted by Gasteiger charge is -2.54. The van der Waals surface area contributed by atoms with Gasteiger partial charge in [0, 0.05) is 18.0 Å². The molecule has 2 aliphatic rings. The Morgan fingerprint density at radius 2 is 2.30 bits per heavy atom. The molecular formula is C16H22N2OS. The molecule has 3 rings (SSSR count). The number of benzene rings is 1. The van der Waals surface area contributed by atoms with Gasteiger partial charge in [0.15, 0.2) is 10.8 Å². The van der Waals surface area contributed by atoms with Crippen LogP contribution in [0.4, 0.5) is 0 Å². The molecule has 0 aromatic heterocycles. The maximum absolute atomic E-state index is 6.35. The monoisotopic (exact) mass is 290 g/mol. The quantitative estimate of drug-likeness (QED) is 0.842. The second-order valence-electron chi connectivity index (χ2n) is 6.15. The standard InChI is InChI=1S/C16H22N2OS/c1-5-11(3)18-15(20)17-13-9-16(18,4)19-14-7-6-10(2)8-12(13)14/h6-8,11,13H,5,9H2,1-4H3,(H,17,20). The van der Waals surface area contributed by atoms with E-state index in [4.69, 9.17) is 17.0 Å². The Bertz CT molecular complexity index is 559. The van der Waals surface area contributed by atoms with Gasteiger partial charge in [-0.25, -0.2) is 0 Å². The highest BCUT2D eigenvalue weighted by atomic mass is 32.1. The van der Waals surface area contributed by atoms with Crippen LogP contribution in [0.5, 0.6) is 5.75 Å². The molecule has 1 saturated heterocycles. The van der Waals surface area contributed by atoms with Gasteiger partial charge in [-0.1, -0.05) is 24.6 Å². The van der Waals surface area contributed by atoms with Gasteiger partial charge in [0.2, 0.25) is 0 Å². The summed E-state index contributed by atoms with van der Waals surface area (Å²) in [7, 11) is 0. The van der Waals surface area contributed by atoms with E-state index < -0.39 is 0 Å². The predicted molar refractivity (Wildman–Crippen MR) is 84.9 cm³/mol. The Kier molecular flexibility index (Phi) is 3.16. The minimum Gasteiger partial charge on any atom is -0.468 e. The van der Waals surface area contributed by atoms with Crippen LogP contribution in [0.3, 0.4) is 0 Å². The van der Waals surface area contributed by atoms with E-state index in [2.05, 4.69) is 56.1 Å². The average molecular weight is 290 g/mol. The van der Waals surface area contributed by atoms with Gasteiger partial charge in [0.1, 0.15) is 5.75 Å². The lowest BCUT2D eigenvalue weighted by molar-refractivity contribution is -0.0840. The summed E-state index contributed by atoms with van der Waals surface area (Å²) in [6.45, 7) is 8.65. The van der Waals surface area contributed by atoms with Crippen LogP contribution in [0.2, 0.25) is 0 Å². The SMILES string of the molecule is CCC(C)N1C(=S)NC2CC1(C)Oc1ccc(C)cc12. The zero-order valence-corrected chi connectivity index (χ0v) is 13.4. The van der Waals surface area contributed by atoms with Crippen molar-refractivity contribution < 1.29 is 4.74 Å². The van der Waals surface area contributed by atoms with E-state index in [-0.39, 0.29) is 11.8 Å². The van der Waals surface area contributed by atoms with Crippen molar-refractivity contribution in [3.8, 4) is 5.75 Å². The number of fused-ring (bicyclic) bond motifs is 4. The average Bonchev–Trinajstić information content (AvgIpc) is 2.38. The number of nitrogens with one attached hydrogen (secondary N) is 1. The van der Waals surface area contributed by atoms with Crippen LogP contribution in [0.1, 0.15) is 50.8 Å². The largest absolute Gasteiger partial charge is 0.468 e. The van der Waals surface area contributed by atoms with Crippen LogP contribution in [-0.4, -0.2) is 21.8 Å². The molecule has 20 heavy (non-hydrogen) atoms. The lowest BCUT2D eigenvalue weighted by atomic mass is 9.89. The number of aryl methyl sites for hydroxylation is 1. The molecule has 0 aliphatic carbocycles. The fourth-order valence-corrected chi connectivity index (χ4v) is 3.87. The number of ether oxygens (including phenoxy) is 1. The lowest BCUT2D eigenvalue weighted by Crippen LogP contribution is -2.66. The minimum absolute atomic E-state index is 0.261. The molecule has 1 N–H and O–H groups in total. The summed E-state index contributed by atoms with van der Waals surface area (Å²) < 4.78 is 6.35. The van der Waals surface area contributed by atoms with Crippen molar-refractivity contribution in [2.24, 2.45) is 0 Å². The van der Waals surface area contributed by atoms with Gasteiger partial charge < -0.3 is 15.0 Å². The molecule has 1 aromatic carbocycles. The van der Waals surface area contributed by atoms with Gasteiger partial charge in [0.05, 0.1) is 6.04 Å². The summed E-state index contributed by atoms with van der Waals surface area (Å²) in [5, 5.41) is 4.31. The fourth-order valence-electron chi connectivity index (χ4n) is 3.36. The molecule has 4 heteroatoms.